The third kappa shape index (κ3) is 4.32. The van der Waals surface area contributed by atoms with Gasteiger partial charge in [-0.15, -0.1) is 0 Å². The minimum absolute atomic E-state index is 0.0667. The van der Waals surface area contributed by atoms with E-state index in [1.165, 1.54) is 6.07 Å². The van der Waals surface area contributed by atoms with E-state index in [2.05, 4.69) is 25.5 Å². The molecule has 1 nitrogen and oxygen atoms in total. The molecule has 90 valence electrons. The number of nitrogens with one attached hydrogen (secondary N) is 1. The molecule has 0 aliphatic heterocycles. The molecule has 1 aromatic carbocycles. The Hall–Kier alpha value is -0.250. The van der Waals surface area contributed by atoms with Gasteiger partial charge in [-0.2, -0.15) is 0 Å². The lowest BCUT2D eigenvalue weighted by Gasteiger charge is -2.22. The molecule has 0 radical (unpaired) electrons. The van der Waals surface area contributed by atoms with Crippen LogP contribution in [0.15, 0.2) is 18.2 Å². The van der Waals surface area contributed by atoms with Crippen LogP contribution >= 0.6 is 23.5 Å². The molecule has 1 atom stereocenters. The first kappa shape index (κ1) is 13.8. The monoisotopic (exact) mass is 261 g/mol. The van der Waals surface area contributed by atoms with E-state index in [9.17, 15) is 4.39 Å². The highest BCUT2D eigenvalue weighted by molar-refractivity contribution is 7.98. The second-order valence-corrected chi connectivity index (χ2v) is 6.82. The molecular formula is C12H17ClFNS. The van der Waals surface area contributed by atoms with Gasteiger partial charge in [-0.25, -0.2) is 4.39 Å². The summed E-state index contributed by atoms with van der Waals surface area (Å²) in [5.41, 5.74) is 0.601. The van der Waals surface area contributed by atoms with Crippen molar-refractivity contribution >= 4 is 23.5 Å². The van der Waals surface area contributed by atoms with Crippen LogP contribution in [0.1, 0.15) is 39.3 Å². The molecular weight excluding hydrogens is 245 g/mol. The zero-order valence-electron chi connectivity index (χ0n) is 9.97. The fraction of sp³-hybridized carbons (Fsp3) is 0.500. The highest BCUT2D eigenvalue weighted by Gasteiger charge is 2.16. The number of hydrogen-bond donors (Lipinski definition) is 1. The van der Waals surface area contributed by atoms with Crippen molar-refractivity contribution in [3.8, 4) is 0 Å². The molecule has 0 saturated carbocycles. The highest BCUT2D eigenvalue weighted by Crippen LogP contribution is 2.27. The first-order chi connectivity index (χ1) is 7.29. The van der Waals surface area contributed by atoms with Crippen molar-refractivity contribution in [3.63, 3.8) is 0 Å². The predicted octanol–water partition coefficient (Wildman–Crippen LogP) is 4.58. The molecule has 0 aromatic heterocycles. The van der Waals surface area contributed by atoms with Gasteiger partial charge in [0.2, 0.25) is 0 Å². The van der Waals surface area contributed by atoms with Crippen LogP contribution in [0.5, 0.6) is 0 Å². The quantitative estimate of drug-likeness (QED) is 0.800. The predicted molar refractivity (Wildman–Crippen MR) is 70.3 cm³/mol. The van der Waals surface area contributed by atoms with E-state index in [1.54, 1.807) is 24.1 Å². The summed E-state index contributed by atoms with van der Waals surface area (Å²) in [4.78, 5) is 0. The van der Waals surface area contributed by atoms with Gasteiger partial charge in [0.1, 0.15) is 5.82 Å². The summed E-state index contributed by atoms with van der Waals surface area (Å²) < 4.78 is 16.9. The third-order valence-electron chi connectivity index (χ3n) is 1.97. The maximum Gasteiger partial charge on any atom is 0.128 e. The SMILES string of the molecule is CC(NSC(C)(C)C)c1cc(Cl)ccc1F. The molecule has 0 amide bonds. The zero-order chi connectivity index (χ0) is 12.3. The molecule has 1 rings (SSSR count). The Kier molecular flexibility index (Phi) is 4.65. The summed E-state index contributed by atoms with van der Waals surface area (Å²) in [5.74, 6) is -0.223. The second-order valence-electron chi connectivity index (χ2n) is 4.72. The summed E-state index contributed by atoms with van der Waals surface area (Å²) in [6.07, 6.45) is 0. The molecule has 0 fully saturated rings. The third-order valence-corrected chi connectivity index (χ3v) is 3.29. The van der Waals surface area contributed by atoms with Gasteiger partial charge in [0, 0.05) is 21.4 Å². The summed E-state index contributed by atoms with van der Waals surface area (Å²) >= 11 is 7.44. The molecule has 0 bridgehead atoms. The first-order valence-corrected chi connectivity index (χ1v) is 6.37. The lowest BCUT2D eigenvalue weighted by molar-refractivity contribution is 0.584. The first-order valence-electron chi connectivity index (χ1n) is 5.18. The molecule has 1 aromatic rings. The number of hydrogen-bond acceptors (Lipinski definition) is 2. The smallest absolute Gasteiger partial charge is 0.128 e. The second kappa shape index (κ2) is 5.39. The zero-order valence-corrected chi connectivity index (χ0v) is 11.5. The Morgan fingerprint density at radius 2 is 2.00 bits per heavy atom. The topological polar surface area (TPSA) is 12.0 Å². The van der Waals surface area contributed by atoms with E-state index in [-0.39, 0.29) is 16.6 Å². The van der Waals surface area contributed by atoms with Crippen LogP contribution in [0.4, 0.5) is 4.39 Å². The van der Waals surface area contributed by atoms with Crippen LogP contribution in [0, 0.1) is 5.82 Å². The fourth-order valence-electron chi connectivity index (χ4n) is 1.18. The van der Waals surface area contributed by atoms with Gasteiger partial charge in [0.05, 0.1) is 0 Å². The molecule has 1 unspecified atom stereocenters. The molecule has 16 heavy (non-hydrogen) atoms. The maximum atomic E-state index is 13.5. The van der Waals surface area contributed by atoms with E-state index in [0.29, 0.717) is 10.6 Å². The van der Waals surface area contributed by atoms with Crippen LogP contribution in [-0.4, -0.2) is 4.75 Å². The lowest BCUT2D eigenvalue weighted by Crippen LogP contribution is -2.20. The number of halogens is 2. The maximum absolute atomic E-state index is 13.5. The number of benzene rings is 1. The van der Waals surface area contributed by atoms with Crippen LogP contribution in [0.25, 0.3) is 0 Å². The largest absolute Gasteiger partial charge is 0.256 e. The molecule has 0 heterocycles. The van der Waals surface area contributed by atoms with Crippen molar-refractivity contribution in [1.82, 2.24) is 4.72 Å². The van der Waals surface area contributed by atoms with Gasteiger partial charge < -0.3 is 0 Å². The van der Waals surface area contributed by atoms with Crippen molar-refractivity contribution < 1.29 is 4.39 Å². The van der Waals surface area contributed by atoms with E-state index in [0.717, 1.165) is 0 Å². The summed E-state index contributed by atoms with van der Waals surface area (Å²) in [7, 11) is 0. The van der Waals surface area contributed by atoms with E-state index < -0.39 is 0 Å². The minimum atomic E-state index is -0.223. The average Bonchev–Trinajstić information content (AvgIpc) is 2.17. The Balaban J connectivity index is 2.73. The molecule has 0 spiro atoms. The van der Waals surface area contributed by atoms with E-state index >= 15 is 0 Å². The van der Waals surface area contributed by atoms with Crippen molar-refractivity contribution in [2.24, 2.45) is 0 Å². The highest BCUT2D eigenvalue weighted by atomic mass is 35.5. The van der Waals surface area contributed by atoms with Crippen molar-refractivity contribution in [1.29, 1.82) is 0 Å². The molecule has 0 aliphatic carbocycles. The Morgan fingerprint density at radius 1 is 1.38 bits per heavy atom. The molecule has 4 heteroatoms. The van der Waals surface area contributed by atoms with Gasteiger partial charge in [-0.05, 0) is 45.9 Å². The van der Waals surface area contributed by atoms with E-state index in [4.69, 9.17) is 11.6 Å². The van der Waals surface area contributed by atoms with Crippen molar-refractivity contribution in [2.75, 3.05) is 0 Å². The Morgan fingerprint density at radius 3 is 2.56 bits per heavy atom. The summed E-state index contributed by atoms with van der Waals surface area (Å²) in [6, 6.07) is 4.56. The normalized spacial score (nSPS) is 13.9. The van der Waals surface area contributed by atoms with Crippen LogP contribution < -0.4 is 4.72 Å². The molecule has 0 aliphatic rings. The van der Waals surface area contributed by atoms with Gasteiger partial charge >= 0.3 is 0 Å². The lowest BCUT2D eigenvalue weighted by atomic mass is 10.1. The van der Waals surface area contributed by atoms with Crippen molar-refractivity contribution in [3.05, 3.63) is 34.6 Å². The van der Waals surface area contributed by atoms with Crippen LogP contribution in [0.2, 0.25) is 5.02 Å². The van der Waals surface area contributed by atoms with Gasteiger partial charge in [-0.1, -0.05) is 23.5 Å². The Bertz CT molecular complexity index is 363. The van der Waals surface area contributed by atoms with Crippen LogP contribution in [0.3, 0.4) is 0 Å². The fourth-order valence-corrected chi connectivity index (χ4v) is 2.01. The van der Waals surface area contributed by atoms with Crippen molar-refractivity contribution in [2.45, 2.75) is 38.5 Å². The van der Waals surface area contributed by atoms with Gasteiger partial charge in [0.25, 0.3) is 0 Å². The number of rotatable bonds is 3. The van der Waals surface area contributed by atoms with Gasteiger partial charge in [0.15, 0.2) is 0 Å². The summed E-state index contributed by atoms with van der Waals surface area (Å²) in [5, 5.41) is 0.561. The van der Waals surface area contributed by atoms with Crippen LogP contribution in [-0.2, 0) is 0 Å². The molecule has 0 saturated heterocycles. The molecule has 1 N–H and O–H groups in total. The van der Waals surface area contributed by atoms with Gasteiger partial charge in [-0.3, -0.25) is 4.72 Å². The van der Waals surface area contributed by atoms with E-state index in [1.807, 2.05) is 6.92 Å². The summed E-state index contributed by atoms with van der Waals surface area (Å²) in [6.45, 7) is 8.23. The average molecular weight is 262 g/mol. The Labute approximate surface area is 106 Å². The minimum Gasteiger partial charge on any atom is -0.256 e. The standard InChI is InChI=1S/C12H17ClFNS/c1-8(15-16-12(2,3)4)10-7-9(13)5-6-11(10)14/h5-8,15H,1-4H3.